The maximum Gasteiger partial charge on any atom is 0.338 e. The minimum absolute atomic E-state index is 0.184. The zero-order valence-electron chi connectivity index (χ0n) is 13.8. The Hall–Kier alpha value is -2.30. The molecule has 4 nitrogen and oxygen atoms in total. The number of ether oxygens (including phenoxy) is 1. The van der Waals surface area contributed by atoms with Crippen molar-refractivity contribution in [2.45, 2.75) is 20.0 Å². The van der Waals surface area contributed by atoms with E-state index in [4.69, 9.17) is 27.9 Å². The fourth-order valence-corrected chi connectivity index (χ4v) is 2.43. The summed E-state index contributed by atoms with van der Waals surface area (Å²) in [6.07, 6.45) is 2.79. The third-order valence-corrected chi connectivity index (χ3v) is 3.67. The van der Waals surface area contributed by atoms with Gasteiger partial charge in [-0.25, -0.2) is 4.79 Å². The Kier molecular flexibility index (Phi) is 6.62. The van der Waals surface area contributed by atoms with Crippen LogP contribution in [0.15, 0.2) is 48.5 Å². The molecule has 0 aliphatic carbocycles. The van der Waals surface area contributed by atoms with Crippen LogP contribution in [0.5, 0.6) is 0 Å². The predicted octanol–water partition coefficient (Wildman–Crippen LogP) is 5.21. The molecule has 0 atom stereocenters. The molecule has 1 N–H and O–H groups in total. The second-order valence-electron chi connectivity index (χ2n) is 5.52. The van der Waals surface area contributed by atoms with Gasteiger partial charge in [-0.1, -0.05) is 29.3 Å². The molecule has 0 fully saturated rings. The van der Waals surface area contributed by atoms with Crippen LogP contribution in [0.25, 0.3) is 6.08 Å². The van der Waals surface area contributed by atoms with Gasteiger partial charge in [0.1, 0.15) is 0 Å². The molecule has 1 amide bonds. The lowest BCUT2D eigenvalue weighted by Gasteiger charge is -2.08. The summed E-state index contributed by atoms with van der Waals surface area (Å²) in [5.74, 6) is -0.714. The van der Waals surface area contributed by atoms with Crippen molar-refractivity contribution >= 4 is 46.8 Å². The molecule has 0 unspecified atom stereocenters. The highest BCUT2D eigenvalue weighted by Gasteiger charge is 2.09. The highest BCUT2D eigenvalue weighted by molar-refractivity contribution is 6.35. The number of halogens is 2. The van der Waals surface area contributed by atoms with E-state index >= 15 is 0 Å². The van der Waals surface area contributed by atoms with E-state index in [0.717, 1.165) is 0 Å². The Labute approximate surface area is 156 Å². The number of carbonyl (C=O) groups excluding carboxylic acids is 2. The van der Waals surface area contributed by atoms with Crippen LogP contribution < -0.4 is 5.32 Å². The van der Waals surface area contributed by atoms with Gasteiger partial charge in [-0.3, -0.25) is 4.79 Å². The molecular formula is C19H17Cl2NO3. The summed E-state index contributed by atoms with van der Waals surface area (Å²) in [5.41, 5.74) is 1.68. The SMILES string of the molecule is CC(C)OC(=O)c1ccc(NC(=O)/C=C/c2ccc(Cl)cc2Cl)cc1. The first-order chi connectivity index (χ1) is 11.8. The van der Waals surface area contributed by atoms with Gasteiger partial charge in [-0.2, -0.15) is 0 Å². The van der Waals surface area contributed by atoms with Gasteiger partial charge in [-0.05, 0) is 61.9 Å². The molecule has 2 rings (SSSR count). The number of anilines is 1. The second kappa shape index (κ2) is 8.70. The van der Waals surface area contributed by atoms with Gasteiger partial charge >= 0.3 is 5.97 Å². The maximum atomic E-state index is 12.0. The van der Waals surface area contributed by atoms with Crippen molar-refractivity contribution in [1.29, 1.82) is 0 Å². The van der Waals surface area contributed by atoms with Crippen molar-refractivity contribution in [2.24, 2.45) is 0 Å². The van der Waals surface area contributed by atoms with E-state index in [1.165, 1.54) is 6.08 Å². The molecule has 0 aliphatic heterocycles. The molecular weight excluding hydrogens is 361 g/mol. The lowest BCUT2D eigenvalue weighted by molar-refractivity contribution is -0.111. The molecule has 0 aliphatic rings. The summed E-state index contributed by atoms with van der Waals surface area (Å²) >= 11 is 11.9. The fraction of sp³-hybridized carbons (Fsp3) is 0.158. The summed E-state index contributed by atoms with van der Waals surface area (Å²) < 4.78 is 5.11. The van der Waals surface area contributed by atoms with E-state index in [1.54, 1.807) is 62.4 Å². The van der Waals surface area contributed by atoms with Crippen molar-refractivity contribution < 1.29 is 14.3 Å². The van der Waals surface area contributed by atoms with E-state index in [1.807, 2.05) is 0 Å². The van der Waals surface area contributed by atoms with Gasteiger partial charge in [0.2, 0.25) is 5.91 Å². The number of carbonyl (C=O) groups is 2. The van der Waals surface area contributed by atoms with Gasteiger partial charge in [0.05, 0.1) is 11.7 Å². The maximum absolute atomic E-state index is 12.0. The number of amides is 1. The Morgan fingerprint density at radius 1 is 1.08 bits per heavy atom. The number of esters is 1. The lowest BCUT2D eigenvalue weighted by atomic mass is 10.2. The van der Waals surface area contributed by atoms with Gasteiger partial charge in [-0.15, -0.1) is 0 Å². The van der Waals surface area contributed by atoms with E-state index in [0.29, 0.717) is 26.9 Å². The van der Waals surface area contributed by atoms with Crippen LogP contribution in [0.2, 0.25) is 10.0 Å². The van der Waals surface area contributed by atoms with Crippen LogP contribution >= 0.6 is 23.2 Å². The molecule has 0 radical (unpaired) electrons. The number of hydrogen-bond donors (Lipinski definition) is 1. The van der Waals surface area contributed by atoms with Crippen molar-refractivity contribution in [1.82, 2.24) is 0 Å². The molecule has 130 valence electrons. The van der Waals surface area contributed by atoms with Gasteiger partial charge in [0.25, 0.3) is 0 Å². The summed E-state index contributed by atoms with van der Waals surface area (Å²) in [4.78, 5) is 23.7. The first-order valence-electron chi connectivity index (χ1n) is 7.60. The van der Waals surface area contributed by atoms with Crippen LogP contribution in [0, 0.1) is 0 Å². The highest BCUT2D eigenvalue weighted by atomic mass is 35.5. The first kappa shape index (κ1) is 19.0. The van der Waals surface area contributed by atoms with E-state index < -0.39 is 5.97 Å². The van der Waals surface area contributed by atoms with Crippen molar-refractivity contribution in [2.75, 3.05) is 5.32 Å². The standard InChI is InChI=1S/C19H17Cl2NO3/c1-12(2)25-19(24)14-4-8-16(9-5-14)22-18(23)10-6-13-3-7-15(20)11-17(13)21/h3-12H,1-2H3,(H,22,23)/b10-6+. The van der Waals surface area contributed by atoms with Crippen molar-refractivity contribution in [3.63, 3.8) is 0 Å². The molecule has 0 spiro atoms. The van der Waals surface area contributed by atoms with Crippen molar-refractivity contribution in [3.8, 4) is 0 Å². The van der Waals surface area contributed by atoms with Crippen LogP contribution in [-0.2, 0) is 9.53 Å². The van der Waals surface area contributed by atoms with Crippen LogP contribution in [0.4, 0.5) is 5.69 Å². The summed E-state index contributed by atoms with van der Waals surface area (Å²) in [6.45, 7) is 3.57. The molecule has 0 aromatic heterocycles. The minimum Gasteiger partial charge on any atom is -0.459 e. The number of rotatable bonds is 5. The zero-order valence-corrected chi connectivity index (χ0v) is 15.3. The Morgan fingerprint density at radius 2 is 1.76 bits per heavy atom. The minimum atomic E-state index is -0.398. The molecule has 6 heteroatoms. The summed E-state index contributed by atoms with van der Waals surface area (Å²) in [7, 11) is 0. The van der Waals surface area contributed by atoms with E-state index in [2.05, 4.69) is 5.32 Å². The molecule has 2 aromatic rings. The van der Waals surface area contributed by atoms with Crippen LogP contribution in [-0.4, -0.2) is 18.0 Å². The van der Waals surface area contributed by atoms with E-state index in [-0.39, 0.29) is 12.0 Å². The second-order valence-corrected chi connectivity index (χ2v) is 6.36. The van der Waals surface area contributed by atoms with E-state index in [9.17, 15) is 9.59 Å². The quantitative estimate of drug-likeness (QED) is 0.574. The average Bonchev–Trinajstić information content (AvgIpc) is 2.54. The monoisotopic (exact) mass is 377 g/mol. The van der Waals surface area contributed by atoms with Crippen LogP contribution in [0.1, 0.15) is 29.8 Å². The highest BCUT2D eigenvalue weighted by Crippen LogP contribution is 2.22. The average molecular weight is 378 g/mol. The normalized spacial score (nSPS) is 10.9. The fourth-order valence-electron chi connectivity index (χ4n) is 1.96. The third-order valence-electron chi connectivity index (χ3n) is 3.11. The van der Waals surface area contributed by atoms with Gasteiger partial charge in [0, 0.05) is 21.8 Å². The number of benzene rings is 2. The Bertz CT molecular complexity index is 799. The molecule has 0 heterocycles. The Balaban J connectivity index is 1.98. The summed E-state index contributed by atoms with van der Waals surface area (Å²) in [6, 6.07) is 11.5. The Morgan fingerprint density at radius 3 is 2.36 bits per heavy atom. The largest absolute Gasteiger partial charge is 0.459 e. The molecule has 0 saturated carbocycles. The van der Waals surface area contributed by atoms with Gasteiger partial charge < -0.3 is 10.1 Å². The van der Waals surface area contributed by atoms with Crippen molar-refractivity contribution in [3.05, 3.63) is 69.7 Å². The van der Waals surface area contributed by atoms with Gasteiger partial charge in [0.15, 0.2) is 0 Å². The zero-order chi connectivity index (χ0) is 18.4. The molecule has 25 heavy (non-hydrogen) atoms. The third kappa shape index (κ3) is 5.93. The first-order valence-corrected chi connectivity index (χ1v) is 8.36. The van der Waals surface area contributed by atoms with Crippen LogP contribution in [0.3, 0.4) is 0 Å². The molecule has 0 saturated heterocycles. The number of nitrogens with one attached hydrogen (secondary N) is 1. The molecule has 0 bridgehead atoms. The number of hydrogen-bond acceptors (Lipinski definition) is 3. The topological polar surface area (TPSA) is 55.4 Å². The lowest BCUT2D eigenvalue weighted by Crippen LogP contribution is -2.12. The smallest absolute Gasteiger partial charge is 0.338 e. The predicted molar refractivity (Wildman–Crippen MR) is 101 cm³/mol. The molecule has 2 aromatic carbocycles. The summed E-state index contributed by atoms with van der Waals surface area (Å²) in [5, 5.41) is 3.70.